The normalized spacial score (nSPS) is 27.7. The number of likely N-dealkylation sites (tertiary alicyclic amines) is 2. The Labute approximate surface area is 291 Å². The molecule has 2 saturated carbocycles. The molecule has 11 heteroatoms. The van der Waals surface area contributed by atoms with Crippen LogP contribution < -0.4 is 0 Å². The minimum Gasteiger partial charge on any atom is -0.327 e. The second-order valence-electron chi connectivity index (χ2n) is 15.9. The number of aromatic nitrogens is 5. The van der Waals surface area contributed by atoms with Gasteiger partial charge in [0.05, 0.1) is 23.7 Å². The maximum Gasteiger partial charge on any atom is 0.246 e. The van der Waals surface area contributed by atoms with Crippen LogP contribution in [0.15, 0.2) is 36.7 Å². The van der Waals surface area contributed by atoms with E-state index in [2.05, 4.69) is 33.9 Å². The van der Waals surface area contributed by atoms with Crippen LogP contribution in [-0.4, -0.2) is 82.1 Å². The van der Waals surface area contributed by atoms with E-state index in [9.17, 15) is 19.2 Å². The maximum absolute atomic E-state index is 14.6. The van der Waals surface area contributed by atoms with E-state index in [1.54, 1.807) is 22.0 Å². The fraction of sp³-hybridized carbons (Fsp3) is 0.487. The van der Waals surface area contributed by atoms with Crippen LogP contribution in [-0.2, 0) is 27.3 Å². The van der Waals surface area contributed by atoms with Crippen LogP contribution in [0.1, 0.15) is 85.3 Å². The molecule has 4 aromatic rings. The number of fused-ring (bicyclic) bond motifs is 3. The molecule has 1 aromatic carbocycles. The third-order valence-corrected chi connectivity index (χ3v) is 11.9. The first-order chi connectivity index (χ1) is 23.7. The van der Waals surface area contributed by atoms with E-state index in [1.807, 2.05) is 56.9 Å². The van der Waals surface area contributed by atoms with Gasteiger partial charge < -0.3 is 9.80 Å². The molecule has 4 fully saturated rings. The average Bonchev–Trinajstić information content (AvgIpc) is 3.74. The molecule has 4 aliphatic rings. The van der Waals surface area contributed by atoms with Gasteiger partial charge in [-0.3, -0.25) is 28.8 Å². The molecule has 0 bridgehead atoms. The Balaban J connectivity index is 1.08. The first-order valence-corrected chi connectivity index (χ1v) is 17.6. The quantitative estimate of drug-likeness (QED) is 0.242. The molecule has 8 rings (SSSR count). The molecule has 6 atom stereocenters. The summed E-state index contributed by atoms with van der Waals surface area (Å²) in [4.78, 5) is 72.6. The second-order valence-corrected chi connectivity index (χ2v) is 15.9. The smallest absolute Gasteiger partial charge is 0.246 e. The van der Waals surface area contributed by atoms with Gasteiger partial charge in [-0.05, 0) is 99.1 Å². The Morgan fingerprint density at radius 3 is 2.16 bits per heavy atom. The van der Waals surface area contributed by atoms with Gasteiger partial charge in [-0.25, -0.2) is 9.97 Å². The third-order valence-electron chi connectivity index (χ3n) is 11.9. The lowest BCUT2D eigenvalue weighted by Crippen LogP contribution is -2.54. The fourth-order valence-electron chi connectivity index (χ4n) is 8.85. The predicted octanol–water partition coefficient (Wildman–Crippen LogP) is 4.90. The van der Waals surface area contributed by atoms with Gasteiger partial charge in [-0.2, -0.15) is 5.10 Å². The Hall–Kier alpha value is -4.80. The highest BCUT2D eigenvalue weighted by molar-refractivity contribution is 6.07. The number of carbonyl (C=O) groups is 4. The minimum absolute atomic E-state index is 0.00107. The van der Waals surface area contributed by atoms with Gasteiger partial charge in [0.15, 0.2) is 11.6 Å². The summed E-state index contributed by atoms with van der Waals surface area (Å²) < 4.78 is 1.62. The van der Waals surface area contributed by atoms with Crippen molar-refractivity contribution >= 4 is 34.3 Å². The maximum atomic E-state index is 14.6. The molecular weight excluding hydrogens is 630 g/mol. The number of aryl methyl sites for hydroxylation is 4. The van der Waals surface area contributed by atoms with E-state index >= 15 is 0 Å². The predicted molar refractivity (Wildman–Crippen MR) is 186 cm³/mol. The molecular formula is C39H43N7O4. The molecule has 0 unspecified atom stereocenters. The fourth-order valence-corrected chi connectivity index (χ4v) is 8.85. The molecule has 3 aromatic heterocycles. The number of hydrogen-bond donors (Lipinski definition) is 0. The van der Waals surface area contributed by atoms with Crippen molar-refractivity contribution in [1.82, 2.24) is 34.5 Å². The SMILES string of the molecule is CC(=O)c1nn(CC(=O)N2[C@H](C(=O)N3[C@H](C(=O)Cc4nc(C)ccc4C)C[C@@]4(C)C[C@@H]34)C[C@@]3(C)C[C@@H]23)c2c(C)cc(-c3cnc(C)nc3)cc12. The Bertz CT molecular complexity index is 2140. The monoisotopic (exact) mass is 673 g/mol. The molecule has 2 aliphatic carbocycles. The third kappa shape index (κ3) is 5.15. The molecule has 0 N–H and O–H groups in total. The number of rotatable bonds is 8. The molecule has 0 spiro atoms. The summed E-state index contributed by atoms with van der Waals surface area (Å²) in [5.74, 6) is 0.147. The van der Waals surface area contributed by atoms with E-state index in [-0.39, 0.29) is 59.3 Å². The lowest BCUT2D eigenvalue weighted by Gasteiger charge is -2.34. The highest BCUT2D eigenvalue weighted by Crippen LogP contribution is 2.62. The highest BCUT2D eigenvalue weighted by Gasteiger charge is 2.69. The molecule has 2 aliphatic heterocycles. The Morgan fingerprint density at radius 2 is 1.48 bits per heavy atom. The van der Waals surface area contributed by atoms with Gasteiger partial charge in [0.1, 0.15) is 24.1 Å². The van der Waals surface area contributed by atoms with Gasteiger partial charge in [0, 0.05) is 48.0 Å². The first kappa shape index (κ1) is 32.4. The highest BCUT2D eigenvalue weighted by atomic mass is 16.2. The lowest BCUT2D eigenvalue weighted by atomic mass is 9.95. The Kier molecular flexibility index (Phi) is 7.20. The number of benzene rings is 1. The second kappa shape index (κ2) is 11.1. The number of piperidine rings is 2. The van der Waals surface area contributed by atoms with Crippen LogP contribution in [0.4, 0.5) is 0 Å². The van der Waals surface area contributed by atoms with Gasteiger partial charge in [-0.1, -0.05) is 19.9 Å². The van der Waals surface area contributed by atoms with Crippen molar-refractivity contribution in [3.63, 3.8) is 0 Å². The van der Waals surface area contributed by atoms with Crippen molar-refractivity contribution in [3.05, 3.63) is 70.7 Å². The minimum atomic E-state index is -0.647. The molecule has 11 nitrogen and oxygen atoms in total. The standard InChI is InChI=1S/C39H43N7O4/c1-20-8-9-22(3)42-28(20)12-31(48)29-13-38(6)16-33(38)46(29)37(50)30-14-39(7)15-32(39)45(30)34(49)19-44-36-21(2)10-25(26-17-40-24(5)41-18-26)11-27(36)35(43-44)23(4)47/h8-11,17-18,29-30,32-33H,12-16,19H2,1-7H3/t29-,30-,32+,33+,38-,39-/m0/s1. The summed E-state index contributed by atoms with van der Waals surface area (Å²) in [5, 5.41) is 5.33. The summed E-state index contributed by atoms with van der Waals surface area (Å²) >= 11 is 0. The zero-order valence-corrected chi connectivity index (χ0v) is 29.8. The van der Waals surface area contributed by atoms with Crippen molar-refractivity contribution < 1.29 is 19.2 Å². The largest absolute Gasteiger partial charge is 0.327 e. The average molecular weight is 674 g/mol. The number of pyridine rings is 1. The van der Waals surface area contributed by atoms with Crippen LogP contribution in [0.25, 0.3) is 22.0 Å². The van der Waals surface area contributed by atoms with Crippen LogP contribution in [0.5, 0.6) is 0 Å². The van der Waals surface area contributed by atoms with Gasteiger partial charge in [-0.15, -0.1) is 0 Å². The number of hydrogen-bond acceptors (Lipinski definition) is 8. The van der Waals surface area contributed by atoms with Gasteiger partial charge >= 0.3 is 0 Å². The molecule has 2 amide bonds. The summed E-state index contributed by atoms with van der Waals surface area (Å²) in [6, 6.07) is 6.60. The van der Waals surface area contributed by atoms with E-state index in [4.69, 9.17) is 0 Å². The van der Waals surface area contributed by atoms with Gasteiger partial charge in [0.2, 0.25) is 11.8 Å². The van der Waals surface area contributed by atoms with Gasteiger partial charge in [0.25, 0.3) is 0 Å². The van der Waals surface area contributed by atoms with Crippen LogP contribution in [0.3, 0.4) is 0 Å². The zero-order chi connectivity index (χ0) is 35.4. The number of ketones is 2. The van der Waals surface area contributed by atoms with Crippen molar-refractivity contribution in [2.45, 2.75) is 111 Å². The molecule has 2 saturated heterocycles. The molecule has 258 valence electrons. The van der Waals surface area contributed by atoms with Crippen LogP contribution in [0.2, 0.25) is 0 Å². The number of carbonyl (C=O) groups excluding carboxylic acids is 4. The molecule has 5 heterocycles. The zero-order valence-electron chi connectivity index (χ0n) is 29.8. The van der Waals surface area contributed by atoms with E-state index in [1.165, 1.54) is 6.92 Å². The number of nitrogens with zero attached hydrogens (tertiary/aromatic N) is 7. The summed E-state index contributed by atoms with van der Waals surface area (Å²) in [6.07, 6.45) is 6.61. The van der Waals surface area contributed by atoms with E-state index < -0.39 is 12.1 Å². The summed E-state index contributed by atoms with van der Waals surface area (Å²) in [7, 11) is 0. The molecule has 50 heavy (non-hydrogen) atoms. The van der Waals surface area contributed by atoms with E-state index in [0.29, 0.717) is 35.3 Å². The van der Waals surface area contributed by atoms with Crippen molar-refractivity contribution in [2.75, 3.05) is 0 Å². The van der Waals surface area contributed by atoms with Crippen molar-refractivity contribution in [1.29, 1.82) is 0 Å². The Morgan fingerprint density at radius 1 is 0.820 bits per heavy atom. The van der Waals surface area contributed by atoms with Crippen molar-refractivity contribution in [2.24, 2.45) is 10.8 Å². The topological polar surface area (TPSA) is 131 Å². The first-order valence-electron chi connectivity index (χ1n) is 17.6. The lowest BCUT2D eigenvalue weighted by molar-refractivity contribution is -0.148. The summed E-state index contributed by atoms with van der Waals surface area (Å²) in [6.45, 7) is 13.3. The summed E-state index contributed by atoms with van der Waals surface area (Å²) in [5.41, 5.74) is 5.90. The number of Topliss-reactive ketones (excluding diaryl/α,β-unsaturated/α-hetero) is 2. The van der Waals surface area contributed by atoms with E-state index in [0.717, 1.165) is 46.5 Å². The van der Waals surface area contributed by atoms with Crippen LogP contribution in [0, 0.1) is 38.5 Å². The van der Waals surface area contributed by atoms with Crippen LogP contribution >= 0.6 is 0 Å². The molecule has 0 radical (unpaired) electrons. The number of amides is 2. The van der Waals surface area contributed by atoms with Crippen molar-refractivity contribution in [3.8, 4) is 11.1 Å².